The maximum Gasteiger partial charge on any atom is 0.0983 e. The number of aromatic nitrogens is 2. The fourth-order valence-electron chi connectivity index (χ4n) is 4.21. The van der Waals surface area contributed by atoms with Crippen LogP contribution in [0.2, 0.25) is 0 Å². The molecule has 4 rings (SSSR count). The molecule has 1 atom stereocenters. The van der Waals surface area contributed by atoms with Crippen molar-refractivity contribution in [2.24, 2.45) is 7.05 Å². The number of hydrogen-bond donors (Lipinski definition) is 0. The quantitative estimate of drug-likeness (QED) is 0.860. The number of anilines is 1. The van der Waals surface area contributed by atoms with E-state index in [1.165, 1.54) is 23.4 Å². The molecule has 2 fully saturated rings. The van der Waals surface area contributed by atoms with Gasteiger partial charge in [-0.1, -0.05) is 12.1 Å². The molecule has 3 heterocycles. The second-order valence-electron chi connectivity index (χ2n) is 7.60. The van der Waals surface area contributed by atoms with Gasteiger partial charge in [-0.3, -0.25) is 4.90 Å². The van der Waals surface area contributed by atoms with Gasteiger partial charge in [-0.05, 0) is 37.5 Å². The van der Waals surface area contributed by atoms with E-state index in [9.17, 15) is 0 Å². The second-order valence-corrected chi connectivity index (χ2v) is 7.60. The van der Waals surface area contributed by atoms with Crippen molar-refractivity contribution in [3.05, 3.63) is 48.0 Å². The number of hydrogen-bond acceptors (Lipinski definition) is 4. The topological polar surface area (TPSA) is 33.5 Å². The zero-order valence-corrected chi connectivity index (χ0v) is 15.3. The largest absolute Gasteiger partial charge is 0.370 e. The second kappa shape index (κ2) is 6.81. The van der Waals surface area contributed by atoms with Crippen LogP contribution < -0.4 is 4.90 Å². The number of ether oxygens (including phenoxy) is 1. The summed E-state index contributed by atoms with van der Waals surface area (Å²) in [6, 6.07) is 8.83. The molecule has 0 saturated carbocycles. The number of imidazole rings is 1. The SMILES string of the molecule is Cc1cccc(N2CCC[C@]3(CN(Cc4cncn4C)CCO3)C2)c1. The highest BCUT2D eigenvalue weighted by atomic mass is 16.5. The minimum absolute atomic E-state index is 0.0428. The standard InChI is InChI=1S/C20H28N4O/c1-17-5-3-6-18(11-17)24-8-4-7-20(15-24)14-23(9-10-25-20)13-19-12-21-16-22(19)2/h3,5-6,11-12,16H,4,7-10,13-15H2,1-2H3/t20-/m0/s1. The molecule has 2 aliphatic heterocycles. The lowest BCUT2D eigenvalue weighted by atomic mass is 9.90. The Morgan fingerprint density at radius 2 is 2.16 bits per heavy atom. The van der Waals surface area contributed by atoms with Gasteiger partial charge in [-0.25, -0.2) is 4.98 Å². The van der Waals surface area contributed by atoms with Crippen LogP contribution in [-0.4, -0.2) is 52.8 Å². The minimum Gasteiger partial charge on any atom is -0.370 e. The Labute approximate surface area is 150 Å². The van der Waals surface area contributed by atoms with Crippen molar-refractivity contribution in [1.82, 2.24) is 14.5 Å². The third-order valence-corrected chi connectivity index (χ3v) is 5.54. The Balaban J connectivity index is 1.47. The Morgan fingerprint density at radius 3 is 2.96 bits per heavy atom. The molecule has 0 unspecified atom stereocenters. The molecule has 0 bridgehead atoms. The van der Waals surface area contributed by atoms with Crippen LogP contribution >= 0.6 is 0 Å². The highest BCUT2D eigenvalue weighted by Crippen LogP contribution is 2.32. The van der Waals surface area contributed by atoms with Crippen LogP contribution in [0, 0.1) is 6.92 Å². The van der Waals surface area contributed by atoms with Gasteiger partial charge < -0.3 is 14.2 Å². The molecule has 5 nitrogen and oxygen atoms in total. The van der Waals surface area contributed by atoms with E-state index in [4.69, 9.17) is 4.74 Å². The molecule has 25 heavy (non-hydrogen) atoms. The van der Waals surface area contributed by atoms with Gasteiger partial charge in [-0.2, -0.15) is 0 Å². The molecule has 5 heteroatoms. The monoisotopic (exact) mass is 340 g/mol. The van der Waals surface area contributed by atoms with Gasteiger partial charge in [0.2, 0.25) is 0 Å². The number of nitrogens with zero attached hydrogens (tertiary/aromatic N) is 4. The maximum absolute atomic E-state index is 6.36. The Bertz CT molecular complexity index is 724. The Morgan fingerprint density at radius 1 is 1.24 bits per heavy atom. The summed E-state index contributed by atoms with van der Waals surface area (Å²) >= 11 is 0. The number of aryl methyl sites for hydroxylation is 2. The van der Waals surface area contributed by atoms with Gasteiger partial charge in [-0.15, -0.1) is 0 Å². The molecule has 1 aromatic heterocycles. The summed E-state index contributed by atoms with van der Waals surface area (Å²) in [7, 11) is 2.07. The van der Waals surface area contributed by atoms with Crippen LogP contribution in [0.3, 0.4) is 0 Å². The average Bonchev–Trinajstić information content (AvgIpc) is 3.00. The molecular weight excluding hydrogens is 312 g/mol. The molecule has 0 N–H and O–H groups in total. The molecule has 2 aliphatic rings. The van der Waals surface area contributed by atoms with E-state index in [0.29, 0.717) is 0 Å². The first kappa shape index (κ1) is 16.6. The average molecular weight is 340 g/mol. The molecule has 2 saturated heterocycles. The molecule has 1 spiro atoms. The number of benzene rings is 1. The van der Waals surface area contributed by atoms with Crippen molar-refractivity contribution in [2.75, 3.05) is 37.7 Å². The molecule has 0 amide bonds. The molecular formula is C20H28N4O. The molecule has 2 aromatic rings. The lowest BCUT2D eigenvalue weighted by molar-refractivity contribution is -0.116. The lowest BCUT2D eigenvalue weighted by Crippen LogP contribution is -2.59. The predicted molar refractivity (Wildman–Crippen MR) is 99.8 cm³/mol. The minimum atomic E-state index is -0.0428. The van der Waals surface area contributed by atoms with Crippen LogP contribution in [-0.2, 0) is 18.3 Å². The zero-order valence-electron chi connectivity index (χ0n) is 15.3. The highest BCUT2D eigenvalue weighted by molar-refractivity contribution is 5.49. The van der Waals surface area contributed by atoms with Crippen molar-refractivity contribution in [1.29, 1.82) is 0 Å². The Hall–Kier alpha value is -1.85. The van der Waals surface area contributed by atoms with Crippen molar-refractivity contribution in [3.63, 3.8) is 0 Å². The van der Waals surface area contributed by atoms with Crippen molar-refractivity contribution in [2.45, 2.75) is 31.9 Å². The molecule has 0 aliphatic carbocycles. The van der Waals surface area contributed by atoms with Crippen LogP contribution in [0.1, 0.15) is 24.1 Å². The summed E-state index contributed by atoms with van der Waals surface area (Å²) in [6.07, 6.45) is 6.19. The van der Waals surface area contributed by atoms with Gasteiger partial charge >= 0.3 is 0 Å². The predicted octanol–water partition coefficient (Wildman–Crippen LogP) is 2.60. The summed E-state index contributed by atoms with van der Waals surface area (Å²) in [6.45, 7) is 8.04. The van der Waals surface area contributed by atoms with Crippen LogP contribution in [0.25, 0.3) is 0 Å². The van der Waals surface area contributed by atoms with Crippen molar-refractivity contribution < 1.29 is 4.74 Å². The summed E-state index contributed by atoms with van der Waals surface area (Å²) in [5.74, 6) is 0. The Kier molecular flexibility index (Phi) is 4.52. The first-order valence-corrected chi connectivity index (χ1v) is 9.27. The fourth-order valence-corrected chi connectivity index (χ4v) is 4.21. The van der Waals surface area contributed by atoms with Crippen LogP contribution in [0.5, 0.6) is 0 Å². The van der Waals surface area contributed by atoms with E-state index in [0.717, 1.165) is 45.8 Å². The number of piperidine rings is 1. The van der Waals surface area contributed by atoms with Gasteiger partial charge in [0.05, 0.1) is 24.2 Å². The molecule has 1 aromatic carbocycles. The van der Waals surface area contributed by atoms with Gasteiger partial charge in [0.15, 0.2) is 0 Å². The smallest absolute Gasteiger partial charge is 0.0983 e. The van der Waals surface area contributed by atoms with E-state index in [-0.39, 0.29) is 5.60 Å². The summed E-state index contributed by atoms with van der Waals surface area (Å²) < 4.78 is 8.48. The third kappa shape index (κ3) is 3.58. The fraction of sp³-hybridized carbons (Fsp3) is 0.550. The van der Waals surface area contributed by atoms with Gasteiger partial charge in [0, 0.05) is 51.7 Å². The van der Waals surface area contributed by atoms with E-state index in [1.54, 1.807) is 0 Å². The van der Waals surface area contributed by atoms with E-state index in [2.05, 4.69) is 57.6 Å². The summed E-state index contributed by atoms with van der Waals surface area (Å²) in [5, 5.41) is 0. The van der Waals surface area contributed by atoms with E-state index in [1.807, 2.05) is 12.5 Å². The van der Waals surface area contributed by atoms with Gasteiger partial charge in [0.25, 0.3) is 0 Å². The summed E-state index contributed by atoms with van der Waals surface area (Å²) in [4.78, 5) is 9.28. The number of morpholine rings is 1. The van der Waals surface area contributed by atoms with Crippen molar-refractivity contribution >= 4 is 5.69 Å². The normalized spacial score (nSPS) is 24.8. The zero-order chi connectivity index (χ0) is 17.3. The van der Waals surface area contributed by atoms with Crippen LogP contribution in [0.15, 0.2) is 36.8 Å². The first-order chi connectivity index (χ1) is 12.1. The number of rotatable bonds is 3. The third-order valence-electron chi connectivity index (χ3n) is 5.54. The van der Waals surface area contributed by atoms with Crippen LogP contribution in [0.4, 0.5) is 5.69 Å². The maximum atomic E-state index is 6.36. The van der Waals surface area contributed by atoms with Gasteiger partial charge in [0.1, 0.15) is 0 Å². The van der Waals surface area contributed by atoms with Crippen molar-refractivity contribution in [3.8, 4) is 0 Å². The van der Waals surface area contributed by atoms with E-state index >= 15 is 0 Å². The summed E-state index contributed by atoms with van der Waals surface area (Å²) in [5.41, 5.74) is 3.87. The first-order valence-electron chi connectivity index (χ1n) is 9.27. The molecule has 0 radical (unpaired) electrons. The lowest BCUT2D eigenvalue weighted by Gasteiger charge is -2.48. The van der Waals surface area contributed by atoms with E-state index < -0.39 is 0 Å². The molecule has 134 valence electrons. The highest BCUT2D eigenvalue weighted by Gasteiger charge is 2.40.